The first-order valence-corrected chi connectivity index (χ1v) is 7.17. The molecule has 1 aliphatic rings. The Hall–Kier alpha value is -0.610. The molecule has 0 amide bonds. The summed E-state index contributed by atoms with van der Waals surface area (Å²) in [5, 5.41) is 13.8. The zero-order valence-electron chi connectivity index (χ0n) is 11.4. The zero-order chi connectivity index (χ0) is 13.7. The minimum Gasteiger partial charge on any atom is -0.396 e. The predicted molar refractivity (Wildman–Crippen MR) is 77.5 cm³/mol. The van der Waals surface area contributed by atoms with Gasteiger partial charge in [-0.1, -0.05) is 23.7 Å². The van der Waals surface area contributed by atoms with Crippen LogP contribution in [0.1, 0.15) is 24.0 Å². The standard InChI is InChI=1S/C15H22ClNO2/c1-12-2-3-13(8-14(12)16)9-17-10-15(11-18)4-6-19-7-5-15/h2-3,8,17-18H,4-7,9-11H2,1H3. The molecule has 0 atom stereocenters. The van der Waals surface area contributed by atoms with Crippen LogP contribution in [-0.2, 0) is 11.3 Å². The second-order valence-corrected chi connectivity index (χ2v) is 5.86. The van der Waals surface area contributed by atoms with Crippen LogP contribution in [0, 0.1) is 12.3 Å². The highest BCUT2D eigenvalue weighted by Gasteiger charge is 2.31. The molecule has 1 aromatic rings. The van der Waals surface area contributed by atoms with Gasteiger partial charge < -0.3 is 15.2 Å². The molecule has 1 saturated heterocycles. The van der Waals surface area contributed by atoms with E-state index >= 15 is 0 Å². The third kappa shape index (κ3) is 3.93. The Balaban J connectivity index is 1.86. The van der Waals surface area contributed by atoms with E-state index in [1.165, 1.54) is 5.56 Å². The molecule has 0 bridgehead atoms. The second-order valence-electron chi connectivity index (χ2n) is 5.46. The molecule has 0 saturated carbocycles. The molecule has 4 heteroatoms. The number of aliphatic hydroxyl groups excluding tert-OH is 1. The van der Waals surface area contributed by atoms with Gasteiger partial charge in [0.25, 0.3) is 0 Å². The van der Waals surface area contributed by atoms with Gasteiger partial charge in [0.1, 0.15) is 0 Å². The van der Waals surface area contributed by atoms with E-state index in [9.17, 15) is 5.11 Å². The van der Waals surface area contributed by atoms with Crippen molar-refractivity contribution in [2.45, 2.75) is 26.3 Å². The number of ether oxygens (including phenoxy) is 1. The molecular weight excluding hydrogens is 262 g/mol. The van der Waals surface area contributed by atoms with Gasteiger partial charge in [-0.25, -0.2) is 0 Å². The van der Waals surface area contributed by atoms with Crippen molar-refractivity contribution in [1.82, 2.24) is 5.32 Å². The summed E-state index contributed by atoms with van der Waals surface area (Å²) < 4.78 is 5.36. The first-order chi connectivity index (χ1) is 9.15. The average Bonchev–Trinajstić information content (AvgIpc) is 2.44. The fourth-order valence-electron chi connectivity index (χ4n) is 2.41. The van der Waals surface area contributed by atoms with Crippen LogP contribution < -0.4 is 5.32 Å². The first kappa shape index (κ1) is 14.8. The molecule has 0 spiro atoms. The Morgan fingerprint density at radius 2 is 2.11 bits per heavy atom. The summed E-state index contributed by atoms with van der Waals surface area (Å²) >= 11 is 6.11. The molecule has 2 rings (SSSR count). The molecule has 19 heavy (non-hydrogen) atoms. The van der Waals surface area contributed by atoms with Gasteiger partial charge in [-0.15, -0.1) is 0 Å². The van der Waals surface area contributed by atoms with E-state index in [0.717, 1.165) is 49.7 Å². The molecule has 0 radical (unpaired) electrons. The van der Waals surface area contributed by atoms with Gasteiger partial charge in [-0.2, -0.15) is 0 Å². The number of hydrogen-bond donors (Lipinski definition) is 2. The minimum absolute atomic E-state index is 0.0211. The summed E-state index contributed by atoms with van der Waals surface area (Å²) in [6.45, 7) is 5.32. The van der Waals surface area contributed by atoms with Crippen LogP contribution >= 0.6 is 11.6 Å². The molecule has 106 valence electrons. The van der Waals surface area contributed by atoms with Gasteiger partial charge in [0.2, 0.25) is 0 Å². The van der Waals surface area contributed by atoms with Gasteiger partial charge in [-0.05, 0) is 37.0 Å². The van der Waals surface area contributed by atoms with Gasteiger partial charge in [-0.3, -0.25) is 0 Å². The topological polar surface area (TPSA) is 41.5 Å². The van der Waals surface area contributed by atoms with Crippen LogP contribution in [0.2, 0.25) is 5.02 Å². The van der Waals surface area contributed by atoms with Crippen LogP contribution in [-0.4, -0.2) is 31.5 Å². The van der Waals surface area contributed by atoms with Crippen molar-refractivity contribution in [1.29, 1.82) is 0 Å². The fourth-order valence-corrected chi connectivity index (χ4v) is 2.62. The van der Waals surface area contributed by atoms with Gasteiger partial charge in [0.05, 0.1) is 6.61 Å². The van der Waals surface area contributed by atoms with Crippen molar-refractivity contribution >= 4 is 11.6 Å². The Labute approximate surface area is 119 Å². The summed E-state index contributed by atoms with van der Waals surface area (Å²) in [5.74, 6) is 0. The third-order valence-corrected chi connectivity index (χ3v) is 4.36. The third-order valence-electron chi connectivity index (χ3n) is 3.95. The lowest BCUT2D eigenvalue weighted by molar-refractivity contribution is -0.0154. The van der Waals surface area contributed by atoms with E-state index in [1.54, 1.807) is 0 Å². The maximum absolute atomic E-state index is 9.60. The molecular formula is C15H22ClNO2. The molecule has 1 aromatic carbocycles. The lowest BCUT2D eigenvalue weighted by atomic mass is 9.81. The number of halogens is 1. The fraction of sp³-hybridized carbons (Fsp3) is 0.600. The first-order valence-electron chi connectivity index (χ1n) is 6.80. The Morgan fingerprint density at radius 3 is 2.74 bits per heavy atom. The monoisotopic (exact) mass is 283 g/mol. The van der Waals surface area contributed by atoms with Crippen LogP contribution in [0.4, 0.5) is 0 Å². The average molecular weight is 284 g/mol. The van der Waals surface area contributed by atoms with Crippen molar-refractivity contribution in [2.75, 3.05) is 26.4 Å². The lowest BCUT2D eigenvalue weighted by Gasteiger charge is -2.35. The number of aliphatic hydroxyl groups is 1. The van der Waals surface area contributed by atoms with Crippen LogP contribution in [0.3, 0.4) is 0 Å². The van der Waals surface area contributed by atoms with E-state index in [2.05, 4.69) is 11.4 Å². The van der Waals surface area contributed by atoms with Crippen LogP contribution in [0.5, 0.6) is 0 Å². The molecule has 1 heterocycles. The maximum atomic E-state index is 9.60. The van der Waals surface area contributed by atoms with E-state index < -0.39 is 0 Å². The summed E-state index contributed by atoms with van der Waals surface area (Å²) in [7, 11) is 0. The largest absolute Gasteiger partial charge is 0.396 e. The highest BCUT2D eigenvalue weighted by atomic mass is 35.5. The van der Waals surface area contributed by atoms with E-state index in [-0.39, 0.29) is 12.0 Å². The normalized spacial score (nSPS) is 18.5. The van der Waals surface area contributed by atoms with Gasteiger partial charge >= 0.3 is 0 Å². The summed E-state index contributed by atoms with van der Waals surface area (Å²) in [6, 6.07) is 6.12. The SMILES string of the molecule is Cc1ccc(CNCC2(CO)CCOCC2)cc1Cl. The summed E-state index contributed by atoms with van der Waals surface area (Å²) in [6.07, 6.45) is 1.84. The molecule has 1 aliphatic heterocycles. The quantitative estimate of drug-likeness (QED) is 0.873. The van der Waals surface area contributed by atoms with Crippen LogP contribution in [0.25, 0.3) is 0 Å². The lowest BCUT2D eigenvalue weighted by Crippen LogP contribution is -2.41. The number of benzene rings is 1. The van der Waals surface area contributed by atoms with Crippen molar-refractivity contribution < 1.29 is 9.84 Å². The maximum Gasteiger partial charge on any atom is 0.0501 e. The smallest absolute Gasteiger partial charge is 0.0501 e. The van der Waals surface area contributed by atoms with Crippen LogP contribution in [0.15, 0.2) is 18.2 Å². The molecule has 2 N–H and O–H groups in total. The molecule has 1 fully saturated rings. The van der Waals surface area contributed by atoms with Crippen molar-refractivity contribution in [3.63, 3.8) is 0 Å². The molecule has 0 aromatic heterocycles. The van der Waals surface area contributed by atoms with E-state index in [0.29, 0.717) is 0 Å². The van der Waals surface area contributed by atoms with Gasteiger partial charge in [0, 0.05) is 36.7 Å². The highest BCUT2D eigenvalue weighted by Crippen LogP contribution is 2.29. The van der Waals surface area contributed by atoms with Crippen molar-refractivity contribution in [3.8, 4) is 0 Å². The molecule has 0 unspecified atom stereocenters. The zero-order valence-corrected chi connectivity index (χ0v) is 12.2. The van der Waals surface area contributed by atoms with Crippen molar-refractivity contribution in [3.05, 3.63) is 34.3 Å². The van der Waals surface area contributed by atoms with E-state index in [1.807, 2.05) is 19.1 Å². The Morgan fingerprint density at radius 1 is 1.37 bits per heavy atom. The number of aryl methyl sites for hydroxylation is 1. The Kier molecular flexibility index (Phi) is 5.22. The predicted octanol–water partition coefficient (Wildman–Crippen LogP) is 2.53. The molecule has 0 aliphatic carbocycles. The minimum atomic E-state index is -0.0211. The highest BCUT2D eigenvalue weighted by molar-refractivity contribution is 6.31. The Bertz CT molecular complexity index is 417. The molecule has 3 nitrogen and oxygen atoms in total. The number of nitrogens with one attached hydrogen (secondary N) is 1. The number of hydrogen-bond acceptors (Lipinski definition) is 3. The van der Waals surface area contributed by atoms with Gasteiger partial charge in [0.15, 0.2) is 0 Å². The van der Waals surface area contributed by atoms with E-state index in [4.69, 9.17) is 16.3 Å². The van der Waals surface area contributed by atoms with Crippen molar-refractivity contribution in [2.24, 2.45) is 5.41 Å². The second kappa shape index (κ2) is 6.71. The number of rotatable bonds is 5. The summed E-state index contributed by atoms with van der Waals surface area (Å²) in [5.41, 5.74) is 2.25. The summed E-state index contributed by atoms with van der Waals surface area (Å²) in [4.78, 5) is 0.